The van der Waals surface area contributed by atoms with Crippen LogP contribution in [0.1, 0.15) is 28.2 Å². The number of hydrogen-bond donors (Lipinski definition) is 1. The maximum atomic E-state index is 12.5. The number of ether oxygens (including phenoxy) is 1. The van der Waals surface area contributed by atoms with Gasteiger partial charge in [0.15, 0.2) is 5.82 Å². The van der Waals surface area contributed by atoms with Crippen molar-refractivity contribution < 1.29 is 9.53 Å². The number of rotatable bonds is 7. The standard InChI is InChI=1S/C21H23ClN4O2/c1-14-8-9-18(12-15(14)2)26-20(16-6-4-7-17(22)13-16)24-19(25-26)21(27)23-10-5-11-28-3/h4,6-9,12-13H,5,10-11H2,1-3H3,(H,23,27). The van der Waals surface area contributed by atoms with Crippen molar-refractivity contribution in [2.45, 2.75) is 20.3 Å². The summed E-state index contributed by atoms with van der Waals surface area (Å²) in [5, 5.41) is 7.90. The van der Waals surface area contributed by atoms with E-state index in [0.717, 1.165) is 23.2 Å². The first kappa shape index (κ1) is 20.0. The number of carbonyl (C=O) groups is 1. The summed E-state index contributed by atoms with van der Waals surface area (Å²) in [6, 6.07) is 13.4. The number of benzene rings is 2. The zero-order valence-corrected chi connectivity index (χ0v) is 17.0. The Labute approximate surface area is 169 Å². The lowest BCUT2D eigenvalue weighted by Gasteiger charge is -2.08. The molecule has 146 valence electrons. The monoisotopic (exact) mass is 398 g/mol. The van der Waals surface area contributed by atoms with E-state index in [1.54, 1.807) is 17.9 Å². The number of nitrogens with zero attached hydrogens (tertiary/aromatic N) is 3. The molecule has 0 aliphatic rings. The summed E-state index contributed by atoms with van der Waals surface area (Å²) in [5.74, 6) is 0.361. The highest BCUT2D eigenvalue weighted by atomic mass is 35.5. The molecule has 0 spiro atoms. The van der Waals surface area contributed by atoms with Crippen molar-refractivity contribution in [3.05, 3.63) is 64.4 Å². The van der Waals surface area contributed by atoms with Gasteiger partial charge in [0, 0.05) is 30.8 Å². The maximum absolute atomic E-state index is 12.5. The Kier molecular flexibility index (Phi) is 6.44. The predicted molar refractivity (Wildman–Crippen MR) is 110 cm³/mol. The van der Waals surface area contributed by atoms with Crippen molar-refractivity contribution in [3.8, 4) is 17.1 Å². The summed E-state index contributed by atoms with van der Waals surface area (Å²) in [5.41, 5.74) is 3.94. The summed E-state index contributed by atoms with van der Waals surface area (Å²) in [6.07, 6.45) is 0.723. The Morgan fingerprint density at radius 1 is 1.18 bits per heavy atom. The van der Waals surface area contributed by atoms with Gasteiger partial charge in [-0.15, -0.1) is 5.10 Å². The Morgan fingerprint density at radius 3 is 2.71 bits per heavy atom. The van der Waals surface area contributed by atoms with Crippen LogP contribution in [0.3, 0.4) is 0 Å². The molecule has 0 aliphatic carbocycles. The summed E-state index contributed by atoms with van der Waals surface area (Å²) in [7, 11) is 1.63. The molecular formula is C21H23ClN4O2. The fourth-order valence-corrected chi connectivity index (χ4v) is 2.95. The van der Waals surface area contributed by atoms with Gasteiger partial charge in [0.1, 0.15) is 0 Å². The van der Waals surface area contributed by atoms with Crippen molar-refractivity contribution in [1.82, 2.24) is 20.1 Å². The molecule has 0 aliphatic heterocycles. The normalized spacial score (nSPS) is 10.9. The van der Waals surface area contributed by atoms with Crippen LogP contribution >= 0.6 is 11.6 Å². The molecule has 1 aromatic heterocycles. The minimum Gasteiger partial charge on any atom is -0.385 e. The molecular weight excluding hydrogens is 376 g/mol. The molecule has 0 unspecified atom stereocenters. The Hall–Kier alpha value is -2.70. The van der Waals surface area contributed by atoms with E-state index in [1.807, 2.05) is 43.3 Å². The minimum absolute atomic E-state index is 0.116. The molecule has 7 heteroatoms. The highest BCUT2D eigenvalue weighted by Crippen LogP contribution is 2.25. The molecule has 0 saturated carbocycles. The van der Waals surface area contributed by atoms with Gasteiger partial charge in [0.05, 0.1) is 5.69 Å². The zero-order valence-electron chi connectivity index (χ0n) is 16.2. The lowest BCUT2D eigenvalue weighted by Crippen LogP contribution is -2.26. The van der Waals surface area contributed by atoms with E-state index >= 15 is 0 Å². The minimum atomic E-state index is -0.318. The molecule has 1 amide bonds. The van der Waals surface area contributed by atoms with E-state index in [9.17, 15) is 4.79 Å². The number of nitrogens with one attached hydrogen (secondary N) is 1. The number of carbonyl (C=O) groups excluding carboxylic acids is 1. The molecule has 0 fully saturated rings. The van der Waals surface area contributed by atoms with Crippen LogP contribution in [0.5, 0.6) is 0 Å². The van der Waals surface area contributed by atoms with Crippen LogP contribution in [0.4, 0.5) is 0 Å². The number of amides is 1. The van der Waals surface area contributed by atoms with Crippen molar-refractivity contribution in [2.24, 2.45) is 0 Å². The van der Waals surface area contributed by atoms with Crippen LogP contribution in [0.25, 0.3) is 17.1 Å². The van der Waals surface area contributed by atoms with Crippen molar-refractivity contribution in [2.75, 3.05) is 20.3 Å². The van der Waals surface area contributed by atoms with Crippen molar-refractivity contribution >= 4 is 17.5 Å². The van der Waals surface area contributed by atoms with E-state index < -0.39 is 0 Å². The number of halogens is 1. The topological polar surface area (TPSA) is 69.0 Å². The number of aromatic nitrogens is 3. The van der Waals surface area contributed by atoms with Crippen molar-refractivity contribution in [3.63, 3.8) is 0 Å². The Bertz CT molecular complexity index is 984. The molecule has 0 bridgehead atoms. The van der Waals surface area contributed by atoms with Gasteiger partial charge in [-0.25, -0.2) is 9.67 Å². The quantitative estimate of drug-likeness (QED) is 0.611. The second kappa shape index (κ2) is 8.99. The predicted octanol–water partition coefficient (Wildman–Crippen LogP) is 3.97. The smallest absolute Gasteiger partial charge is 0.290 e. The average molecular weight is 399 g/mol. The molecule has 3 rings (SSSR count). The first-order valence-electron chi connectivity index (χ1n) is 9.07. The van der Waals surface area contributed by atoms with Crippen LogP contribution in [-0.2, 0) is 4.74 Å². The van der Waals surface area contributed by atoms with Gasteiger partial charge in [-0.1, -0.05) is 29.8 Å². The van der Waals surface area contributed by atoms with E-state index in [1.165, 1.54) is 5.56 Å². The van der Waals surface area contributed by atoms with Crippen LogP contribution < -0.4 is 5.32 Å². The molecule has 6 nitrogen and oxygen atoms in total. The molecule has 1 heterocycles. The number of hydrogen-bond acceptors (Lipinski definition) is 4. The van der Waals surface area contributed by atoms with Gasteiger partial charge in [0.2, 0.25) is 5.82 Å². The molecule has 0 radical (unpaired) electrons. The summed E-state index contributed by atoms with van der Waals surface area (Å²) < 4.78 is 6.68. The summed E-state index contributed by atoms with van der Waals surface area (Å²) in [4.78, 5) is 17.0. The fourth-order valence-electron chi connectivity index (χ4n) is 2.76. The van der Waals surface area contributed by atoms with Gasteiger partial charge in [-0.05, 0) is 55.7 Å². The highest BCUT2D eigenvalue weighted by Gasteiger charge is 2.19. The second-order valence-electron chi connectivity index (χ2n) is 6.55. The van der Waals surface area contributed by atoms with Crippen molar-refractivity contribution in [1.29, 1.82) is 0 Å². The number of methoxy groups -OCH3 is 1. The largest absolute Gasteiger partial charge is 0.385 e. The van der Waals surface area contributed by atoms with E-state index in [-0.39, 0.29) is 11.7 Å². The first-order valence-corrected chi connectivity index (χ1v) is 9.45. The molecule has 3 aromatic rings. The molecule has 0 atom stereocenters. The van der Waals surface area contributed by atoms with Crippen LogP contribution in [-0.4, -0.2) is 40.9 Å². The van der Waals surface area contributed by atoms with Crippen LogP contribution in [0, 0.1) is 13.8 Å². The lowest BCUT2D eigenvalue weighted by molar-refractivity contribution is 0.0938. The van der Waals surface area contributed by atoms with Gasteiger partial charge < -0.3 is 10.1 Å². The van der Waals surface area contributed by atoms with Gasteiger partial charge in [0.25, 0.3) is 5.91 Å². The molecule has 2 aromatic carbocycles. The maximum Gasteiger partial charge on any atom is 0.290 e. The average Bonchev–Trinajstić information content (AvgIpc) is 3.13. The fraction of sp³-hybridized carbons (Fsp3) is 0.286. The molecule has 0 saturated heterocycles. The highest BCUT2D eigenvalue weighted by molar-refractivity contribution is 6.30. The summed E-state index contributed by atoms with van der Waals surface area (Å²) in [6.45, 7) is 5.17. The molecule has 1 N–H and O–H groups in total. The number of aryl methyl sites for hydroxylation is 2. The zero-order chi connectivity index (χ0) is 20.1. The second-order valence-corrected chi connectivity index (χ2v) is 6.99. The SMILES string of the molecule is COCCCNC(=O)c1nc(-c2cccc(Cl)c2)n(-c2ccc(C)c(C)c2)n1. The van der Waals surface area contributed by atoms with Gasteiger partial charge >= 0.3 is 0 Å². The Balaban J connectivity index is 2.00. The van der Waals surface area contributed by atoms with E-state index in [2.05, 4.69) is 22.3 Å². The van der Waals surface area contributed by atoms with Gasteiger partial charge in [-0.3, -0.25) is 4.79 Å². The third-order valence-electron chi connectivity index (χ3n) is 4.44. The van der Waals surface area contributed by atoms with E-state index in [0.29, 0.717) is 24.0 Å². The van der Waals surface area contributed by atoms with E-state index in [4.69, 9.17) is 16.3 Å². The van der Waals surface area contributed by atoms with Crippen LogP contribution in [0.2, 0.25) is 5.02 Å². The Morgan fingerprint density at radius 2 is 2.00 bits per heavy atom. The van der Waals surface area contributed by atoms with Gasteiger partial charge in [-0.2, -0.15) is 0 Å². The lowest BCUT2D eigenvalue weighted by atomic mass is 10.1. The third kappa shape index (κ3) is 4.58. The first-order chi connectivity index (χ1) is 13.5. The van der Waals surface area contributed by atoms with Crippen LogP contribution in [0.15, 0.2) is 42.5 Å². The molecule has 28 heavy (non-hydrogen) atoms. The summed E-state index contributed by atoms with van der Waals surface area (Å²) >= 11 is 6.16. The third-order valence-corrected chi connectivity index (χ3v) is 4.67.